The number of aromatic nitrogens is 2. The summed E-state index contributed by atoms with van der Waals surface area (Å²) in [5, 5.41) is 6.27. The van der Waals surface area contributed by atoms with Crippen LogP contribution < -0.4 is 10.6 Å². The lowest BCUT2D eigenvalue weighted by molar-refractivity contribution is -0.116. The van der Waals surface area contributed by atoms with E-state index in [9.17, 15) is 4.79 Å². The van der Waals surface area contributed by atoms with E-state index < -0.39 is 0 Å². The summed E-state index contributed by atoms with van der Waals surface area (Å²) in [5.74, 6) is 1.58. The standard InChI is InChI=1S/C16H20N4O/c21-15(6-1-12-7-8-17-11-12)20-14-4-2-13(3-5-14)16-18-9-10-19-16/h2-5,9-10,12,17H,1,6-8,11H2,(H,18,19)(H,20,21). The number of amides is 1. The van der Waals surface area contributed by atoms with Crippen LogP contribution >= 0.6 is 0 Å². The fourth-order valence-electron chi connectivity index (χ4n) is 2.65. The van der Waals surface area contributed by atoms with E-state index in [1.165, 1.54) is 6.42 Å². The monoisotopic (exact) mass is 284 g/mol. The molecule has 3 N–H and O–H groups in total. The molecule has 1 amide bonds. The lowest BCUT2D eigenvalue weighted by Crippen LogP contribution is -2.14. The Morgan fingerprint density at radius 1 is 1.33 bits per heavy atom. The summed E-state index contributed by atoms with van der Waals surface area (Å²) >= 11 is 0. The Bertz CT molecular complexity index is 571. The highest BCUT2D eigenvalue weighted by molar-refractivity contribution is 5.90. The largest absolute Gasteiger partial charge is 0.345 e. The number of rotatable bonds is 5. The molecule has 1 aromatic carbocycles. The minimum Gasteiger partial charge on any atom is -0.345 e. The van der Waals surface area contributed by atoms with Crippen LogP contribution in [0, 0.1) is 5.92 Å². The number of aromatic amines is 1. The number of carbonyl (C=O) groups is 1. The molecule has 0 aliphatic carbocycles. The van der Waals surface area contributed by atoms with Crippen molar-refractivity contribution < 1.29 is 4.79 Å². The third-order valence-corrected chi connectivity index (χ3v) is 3.88. The van der Waals surface area contributed by atoms with Gasteiger partial charge in [0.15, 0.2) is 0 Å². The normalized spacial score (nSPS) is 17.8. The van der Waals surface area contributed by atoms with Crippen molar-refractivity contribution in [1.82, 2.24) is 15.3 Å². The van der Waals surface area contributed by atoms with Crippen molar-refractivity contribution in [2.24, 2.45) is 5.92 Å². The maximum atomic E-state index is 11.9. The average molecular weight is 284 g/mol. The molecule has 1 atom stereocenters. The molecule has 0 saturated carbocycles. The Labute approximate surface area is 124 Å². The van der Waals surface area contributed by atoms with E-state index in [1.54, 1.807) is 12.4 Å². The second kappa shape index (κ2) is 6.54. The molecule has 0 radical (unpaired) electrons. The third-order valence-electron chi connectivity index (χ3n) is 3.88. The summed E-state index contributed by atoms with van der Waals surface area (Å²) in [6.45, 7) is 2.13. The van der Waals surface area contributed by atoms with Gasteiger partial charge in [-0.3, -0.25) is 4.79 Å². The summed E-state index contributed by atoms with van der Waals surface area (Å²) in [7, 11) is 0. The van der Waals surface area contributed by atoms with Crippen molar-refractivity contribution in [1.29, 1.82) is 0 Å². The quantitative estimate of drug-likeness (QED) is 0.789. The first kappa shape index (κ1) is 13.8. The molecule has 1 saturated heterocycles. The van der Waals surface area contributed by atoms with Gasteiger partial charge in [0.1, 0.15) is 5.82 Å². The molecule has 5 heteroatoms. The Kier molecular flexibility index (Phi) is 4.31. The van der Waals surface area contributed by atoms with Gasteiger partial charge in [-0.2, -0.15) is 0 Å². The van der Waals surface area contributed by atoms with Gasteiger partial charge in [0, 0.05) is 30.1 Å². The van der Waals surface area contributed by atoms with Crippen LogP contribution in [-0.2, 0) is 4.79 Å². The van der Waals surface area contributed by atoms with Gasteiger partial charge < -0.3 is 15.6 Å². The number of H-pyrrole nitrogens is 1. The zero-order valence-corrected chi connectivity index (χ0v) is 11.9. The number of nitrogens with zero attached hydrogens (tertiary/aromatic N) is 1. The summed E-state index contributed by atoms with van der Waals surface area (Å²) in [5.41, 5.74) is 1.84. The van der Waals surface area contributed by atoms with Crippen LogP contribution in [-0.4, -0.2) is 29.0 Å². The van der Waals surface area contributed by atoms with Crippen LogP contribution in [0.2, 0.25) is 0 Å². The van der Waals surface area contributed by atoms with Crippen molar-refractivity contribution in [2.75, 3.05) is 18.4 Å². The molecule has 1 fully saturated rings. The number of anilines is 1. The summed E-state index contributed by atoms with van der Waals surface area (Å²) in [6.07, 6.45) is 6.26. The molecule has 3 rings (SSSR count). The minimum absolute atomic E-state index is 0.0904. The molecule has 1 unspecified atom stereocenters. The van der Waals surface area contributed by atoms with E-state index in [1.807, 2.05) is 24.3 Å². The number of hydrogen-bond donors (Lipinski definition) is 3. The molecule has 1 aromatic heterocycles. The zero-order chi connectivity index (χ0) is 14.5. The second-order valence-electron chi connectivity index (χ2n) is 5.46. The fraction of sp³-hybridized carbons (Fsp3) is 0.375. The molecule has 0 bridgehead atoms. The van der Waals surface area contributed by atoms with Gasteiger partial charge in [-0.15, -0.1) is 0 Å². The van der Waals surface area contributed by atoms with Crippen LogP contribution in [0.3, 0.4) is 0 Å². The van der Waals surface area contributed by atoms with E-state index >= 15 is 0 Å². The van der Waals surface area contributed by atoms with Gasteiger partial charge >= 0.3 is 0 Å². The van der Waals surface area contributed by atoms with Crippen molar-refractivity contribution in [3.8, 4) is 11.4 Å². The van der Waals surface area contributed by atoms with Crippen LogP contribution in [0.1, 0.15) is 19.3 Å². The molecule has 2 heterocycles. The van der Waals surface area contributed by atoms with Gasteiger partial charge in [0.05, 0.1) is 0 Å². The van der Waals surface area contributed by atoms with Crippen molar-refractivity contribution >= 4 is 11.6 Å². The summed E-state index contributed by atoms with van der Waals surface area (Å²) < 4.78 is 0. The molecule has 5 nitrogen and oxygen atoms in total. The van der Waals surface area contributed by atoms with Crippen molar-refractivity contribution in [2.45, 2.75) is 19.3 Å². The van der Waals surface area contributed by atoms with Crippen LogP contribution in [0.4, 0.5) is 5.69 Å². The highest BCUT2D eigenvalue weighted by Gasteiger charge is 2.15. The van der Waals surface area contributed by atoms with Crippen LogP contribution in [0.25, 0.3) is 11.4 Å². The Balaban J connectivity index is 1.51. The van der Waals surface area contributed by atoms with E-state index in [4.69, 9.17) is 0 Å². The maximum Gasteiger partial charge on any atom is 0.224 e. The minimum atomic E-state index is 0.0904. The topological polar surface area (TPSA) is 69.8 Å². The summed E-state index contributed by atoms with van der Waals surface area (Å²) in [4.78, 5) is 19.2. The number of carbonyl (C=O) groups excluding carboxylic acids is 1. The van der Waals surface area contributed by atoms with E-state index in [2.05, 4.69) is 20.6 Å². The van der Waals surface area contributed by atoms with Crippen molar-refractivity contribution in [3.05, 3.63) is 36.7 Å². The molecule has 0 spiro atoms. The smallest absolute Gasteiger partial charge is 0.224 e. The van der Waals surface area contributed by atoms with E-state index in [0.29, 0.717) is 12.3 Å². The molecule has 2 aromatic rings. The van der Waals surface area contributed by atoms with E-state index in [0.717, 1.165) is 36.6 Å². The van der Waals surface area contributed by atoms with Gasteiger partial charge in [0.25, 0.3) is 0 Å². The number of imidazole rings is 1. The molecular weight excluding hydrogens is 264 g/mol. The lowest BCUT2D eigenvalue weighted by atomic mass is 10.0. The molecule has 1 aliphatic rings. The van der Waals surface area contributed by atoms with Gasteiger partial charge in [-0.25, -0.2) is 4.98 Å². The highest BCUT2D eigenvalue weighted by Crippen LogP contribution is 2.19. The molecule has 21 heavy (non-hydrogen) atoms. The van der Waals surface area contributed by atoms with Gasteiger partial charge in [-0.05, 0) is 56.1 Å². The first-order chi connectivity index (χ1) is 10.3. The Morgan fingerprint density at radius 3 is 2.86 bits per heavy atom. The van der Waals surface area contributed by atoms with Crippen molar-refractivity contribution in [3.63, 3.8) is 0 Å². The first-order valence-electron chi connectivity index (χ1n) is 7.41. The Hall–Kier alpha value is -2.14. The lowest BCUT2D eigenvalue weighted by Gasteiger charge is -2.09. The van der Waals surface area contributed by atoms with Gasteiger partial charge in [-0.1, -0.05) is 0 Å². The predicted molar refractivity (Wildman–Crippen MR) is 82.9 cm³/mol. The second-order valence-corrected chi connectivity index (χ2v) is 5.46. The Morgan fingerprint density at radius 2 is 2.19 bits per heavy atom. The molecular formula is C16H20N4O. The van der Waals surface area contributed by atoms with Crippen LogP contribution in [0.15, 0.2) is 36.7 Å². The summed E-state index contributed by atoms with van der Waals surface area (Å²) in [6, 6.07) is 7.73. The predicted octanol–water partition coefficient (Wildman–Crippen LogP) is 2.40. The first-order valence-corrected chi connectivity index (χ1v) is 7.41. The third kappa shape index (κ3) is 3.70. The number of hydrogen-bond acceptors (Lipinski definition) is 3. The molecule has 1 aliphatic heterocycles. The highest BCUT2D eigenvalue weighted by atomic mass is 16.1. The molecule has 110 valence electrons. The SMILES string of the molecule is O=C(CCC1CCNC1)Nc1ccc(-c2ncc[nH]2)cc1. The maximum absolute atomic E-state index is 11.9. The zero-order valence-electron chi connectivity index (χ0n) is 11.9. The van der Waals surface area contributed by atoms with E-state index in [-0.39, 0.29) is 5.91 Å². The number of nitrogens with one attached hydrogen (secondary N) is 3. The average Bonchev–Trinajstić information content (AvgIpc) is 3.19. The van der Waals surface area contributed by atoms with Crippen LogP contribution in [0.5, 0.6) is 0 Å². The van der Waals surface area contributed by atoms with Gasteiger partial charge in [0.2, 0.25) is 5.91 Å². The number of benzene rings is 1. The fourth-order valence-corrected chi connectivity index (χ4v) is 2.65.